The molecule has 0 radical (unpaired) electrons. The normalized spacial score (nSPS) is 11.9. The average Bonchev–Trinajstić information content (AvgIpc) is 3.06. The summed E-state index contributed by atoms with van der Waals surface area (Å²) in [4.78, 5) is 5.34. The van der Waals surface area contributed by atoms with Gasteiger partial charge in [-0.2, -0.15) is 0 Å². The first-order chi connectivity index (χ1) is 10.0. The second kappa shape index (κ2) is 7.46. The summed E-state index contributed by atoms with van der Waals surface area (Å²) in [5.74, 6) is 0. The molecular weight excluding hydrogens is 326 g/mol. The van der Waals surface area contributed by atoms with Gasteiger partial charge >= 0.3 is 0 Å². The molecule has 0 saturated heterocycles. The van der Waals surface area contributed by atoms with Crippen LogP contribution < -0.4 is 10.0 Å². The first-order valence-electron chi connectivity index (χ1n) is 6.71. The van der Waals surface area contributed by atoms with E-state index in [0.29, 0.717) is 23.7 Å². The third-order valence-corrected chi connectivity index (χ3v) is 6.65. The van der Waals surface area contributed by atoms with Crippen molar-refractivity contribution in [1.82, 2.24) is 15.0 Å². The van der Waals surface area contributed by atoms with Crippen LogP contribution in [0.5, 0.6) is 0 Å². The van der Waals surface area contributed by atoms with Crippen molar-refractivity contribution in [2.45, 2.75) is 31.0 Å². The predicted octanol–water partition coefficient (Wildman–Crippen LogP) is 2.14. The molecule has 0 fully saturated rings. The summed E-state index contributed by atoms with van der Waals surface area (Å²) >= 11 is 2.88. The van der Waals surface area contributed by atoms with Gasteiger partial charge in [-0.25, -0.2) is 18.1 Å². The lowest BCUT2D eigenvalue weighted by Gasteiger charge is -2.03. The minimum Gasteiger partial charge on any atom is -0.312 e. The third kappa shape index (κ3) is 4.86. The zero-order valence-electron chi connectivity index (χ0n) is 12.0. The Balaban J connectivity index is 1.90. The fourth-order valence-electron chi connectivity index (χ4n) is 1.75. The summed E-state index contributed by atoms with van der Waals surface area (Å²) in [6.07, 6.45) is 0.610. The lowest BCUT2D eigenvalue weighted by Crippen LogP contribution is -2.25. The minimum atomic E-state index is -3.41. The third-order valence-electron chi connectivity index (χ3n) is 2.79. The molecule has 0 aliphatic heterocycles. The van der Waals surface area contributed by atoms with Crippen molar-refractivity contribution in [2.75, 3.05) is 13.1 Å². The smallest absolute Gasteiger partial charge is 0.250 e. The number of nitrogens with one attached hydrogen (secondary N) is 2. The van der Waals surface area contributed by atoms with Crippen LogP contribution in [-0.2, 0) is 23.0 Å². The molecule has 116 valence electrons. The maximum atomic E-state index is 12.2. The molecule has 0 spiro atoms. The topological polar surface area (TPSA) is 71.1 Å². The van der Waals surface area contributed by atoms with Gasteiger partial charge in [-0.15, -0.1) is 22.7 Å². The van der Waals surface area contributed by atoms with Crippen molar-refractivity contribution in [3.8, 4) is 0 Å². The molecule has 0 atom stereocenters. The number of thiophene rings is 1. The van der Waals surface area contributed by atoms with Crippen LogP contribution >= 0.6 is 22.7 Å². The highest BCUT2D eigenvalue weighted by molar-refractivity contribution is 7.91. The van der Waals surface area contributed by atoms with Gasteiger partial charge < -0.3 is 5.32 Å². The standard InChI is InChI=1S/C13H19N3O2S3/c1-3-14-8-12-4-5-13(20-12)21(17,18)15-7-6-11-9-19-10(2)16-11/h4-5,9,14-15H,3,6-8H2,1-2H3. The first-order valence-corrected chi connectivity index (χ1v) is 9.89. The van der Waals surface area contributed by atoms with E-state index in [1.54, 1.807) is 17.4 Å². The Bertz CT molecular complexity index is 676. The van der Waals surface area contributed by atoms with Gasteiger partial charge in [0.05, 0.1) is 10.7 Å². The van der Waals surface area contributed by atoms with Gasteiger partial charge in [0.15, 0.2) is 0 Å². The molecule has 0 aromatic carbocycles. The molecule has 21 heavy (non-hydrogen) atoms. The summed E-state index contributed by atoms with van der Waals surface area (Å²) in [6, 6.07) is 3.51. The fraction of sp³-hybridized carbons (Fsp3) is 0.462. The largest absolute Gasteiger partial charge is 0.312 e. The van der Waals surface area contributed by atoms with Crippen molar-refractivity contribution in [2.24, 2.45) is 0 Å². The zero-order chi connectivity index (χ0) is 15.3. The molecule has 5 nitrogen and oxygen atoms in total. The predicted molar refractivity (Wildman–Crippen MR) is 87.4 cm³/mol. The molecule has 0 saturated carbocycles. The van der Waals surface area contributed by atoms with E-state index in [1.807, 2.05) is 25.3 Å². The number of hydrogen-bond acceptors (Lipinski definition) is 6. The fourth-order valence-corrected chi connectivity index (χ4v) is 4.80. The molecule has 0 unspecified atom stereocenters. The van der Waals surface area contributed by atoms with Crippen LogP contribution in [0.4, 0.5) is 0 Å². The van der Waals surface area contributed by atoms with E-state index < -0.39 is 10.0 Å². The lowest BCUT2D eigenvalue weighted by molar-refractivity contribution is 0.583. The zero-order valence-corrected chi connectivity index (χ0v) is 14.5. The van der Waals surface area contributed by atoms with E-state index in [9.17, 15) is 8.42 Å². The van der Waals surface area contributed by atoms with Crippen molar-refractivity contribution >= 4 is 32.7 Å². The second-order valence-electron chi connectivity index (χ2n) is 4.51. The summed E-state index contributed by atoms with van der Waals surface area (Å²) in [5, 5.41) is 6.15. The quantitative estimate of drug-likeness (QED) is 0.769. The van der Waals surface area contributed by atoms with E-state index >= 15 is 0 Å². The second-order valence-corrected chi connectivity index (χ2v) is 8.73. The Morgan fingerprint density at radius 1 is 1.33 bits per heavy atom. The highest BCUT2D eigenvalue weighted by Crippen LogP contribution is 2.21. The van der Waals surface area contributed by atoms with Gasteiger partial charge in [-0.05, 0) is 25.6 Å². The van der Waals surface area contributed by atoms with Crippen LogP contribution in [-0.4, -0.2) is 26.5 Å². The summed E-state index contributed by atoms with van der Waals surface area (Å²) in [7, 11) is -3.41. The van der Waals surface area contributed by atoms with E-state index in [0.717, 1.165) is 22.1 Å². The Labute approximate surface area is 133 Å². The van der Waals surface area contributed by atoms with Gasteiger partial charge in [0.1, 0.15) is 4.21 Å². The number of aryl methyl sites for hydroxylation is 1. The van der Waals surface area contributed by atoms with Crippen molar-refractivity contribution in [1.29, 1.82) is 0 Å². The number of sulfonamides is 1. The average molecular weight is 346 g/mol. The molecule has 2 aromatic heterocycles. The Hall–Kier alpha value is -0.800. The van der Waals surface area contributed by atoms with Crippen LogP contribution in [0.15, 0.2) is 21.7 Å². The maximum absolute atomic E-state index is 12.2. The van der Waals surface area contributed by atoms with Gasteiger partial charge in [0, 0.05) is 29.8 Å². The molecule has 2 aromatic rings. The van der Waals surface area contributed by atoms with Crippen LogP contribution in [0.25, 0.3) is 0 Å². The molecule has 2 heterocycles. The van der Waals surface area contributed by atoms with Crippen LogP contribution in [0.3, 0.4) is 0 Å². The molecule has 0 aliphatic carbocycles. The molecule has 2 rings (SSSR count). The van der Waals surface area contributed by atoms with Crippen LogP contribution in [0.2, 0.25) is 0 Å². The molecule has 0 aliphatic rings. The SMILES string of the molecule is CCNCc1ccc(S(=O)(=O)NCCc2csc(C)n2)s1. The Kier molecular flexibility index (Phi) is 5.88. The molecule has 8 heteroatoms. The van der Waals surface area contributed by atoms with Gasteiger partial charge in [0.25, 0.3) is 0 Å². The Morgan fingerprint density at radius 2 is 2.14 bits per heavy atom. The summed E-state index contributed by atoms with van der Waals surface area (Å²) < 4.78 is 27.3. The molecule has 0 amide bonds. The number of hydrogen-bond donors (Lipinski definition) is 2. The summed E-state index contributed by atoms with van der Waals surface area (Å²) in [6.45, 7) is 5.90. The van der Waals surface area contributed by atoms with E-state index in [2.05, 4.69) is 15.0 Å². The molecular formula is C13H19N3O2S3. The van der Waals surface area contributed by atoms with Crippen molar-refractivity contribution < 1.29 is 8.42 Å². The lowest BCUT2D eigenvalue weighted by atomic mass is 10.3. The minimum absolute atomic E-state index is 0.366. The molecule has 2 N–H and O–H groups in total. The van der Waals surface area contributed by atoms with Crippen molar-refractivity contribution in [3.05, 3.63) is 33.1 Å². The van der Waals surface area contributed by atoms with E-state index in [-0.39, 0.29) is 0 Å². The number of aromatic nitrogens is 1. The highest BCUT2D eigenvalue weighted by atomic mass is 32.2. The number of rotatable bonds is 8. The van der Waals surface area contributed by atoms with Gasteiger partial charge in [-0.1, -0.05) is 6.92 Å². The van der Waals surface area contributed by atoms with Gasteiger partial charge in [0.2, 0.25) is 10.0 Å². The number of nitrogens with zero attached hydrogens (tertiary/aromatic N) is 1. The van der Waals surface area contributed by atoms with Gasteiger partial charge in [-0.3, -0.25) is 0 Å². The monoisotopic (exact) mass is 345 g/mol. The van der Waals surface area contributed by atoms with Crippen LogP contribution in [0, 0.1) is 6.92 Å². The van der Waals surface area contributed by atoms with E-state index in [1.165, 1.54) is 11.3 Å². The first kappa shape index (κ1) is 16.6. The Morgan fingerprint density at radius 3 is 2.81 bits per heavy atom. The van der Waals surface area contributed by atoms with E-state index in [4.69, 9.17) is 0 Å². The summed E-state index contributed by atoms with van der Waals surface area (Å²) in [5.41, 5.74) is 0.930. The van der Waals surface area contributed by atoms with Crippen molar-refractivity contribution in [3.63, 3.8) is 0 Å². The highest BCUT2D eigenvalue weighted by Gasteiger charge is 2.16. The van der Waals surface area contributed by atoms with Crippen LogP contribution in [0.1, 0.15) is 22.5 Å². The molecule has 0 bridgehead atoms. The maximum Gasteiger partial charge on any atom is 0.250 e. The number of thiazole rings is 1.